The third kappa shape index (κ3) is 3.50. The smallest absolute Gasteiger partial charge is 0.263 e. The fourth-order valence-electron chi connectivity index (χ4n) is 3.05. The predicted octanol–water partition coefficient (Wildman–Crippen LogP) is 6.44. The molecule has 0 fully saturated rings. The van der Waals surface area contributed by atoms with E-state index in [0.29, 0.717) is 27.0 Å². The number of rotatable bonds is 3. The van der Waals surface area contributed by atoms with Gasteiger partial charge in [0.1, 0.15) is 4.83 Å². The lowest BCUT2D eigenvalue weighted by atomic mass is 10.0. The third-order valence-electron chi connectivity index (χ3n) is 4.32. The second-order valence-electron chi connectivity index (χ2n) is 6.15. The van der Waals surface area contributed by atoms with Gasteiger partial charge < -0.3 is 0 Å². The van der Waals surface area contributed by atoms with E-state index < -0.39 is 0 Å². The predicted molar refractivity (Wildman–Crippen MR) is 115 cm³/mol. The van der Waals surface area contributed by atoms with E-state index in [1.807, 2.05) is 37.3 Å². The minimum atomic E-state index is -0.0830. The quantitative estimate of drug-likeness (QED) is 0.371. The first kappa shape index (κ1) is 18.5. The van der Waals surface area contributed by atoms with Gasteiger partial charge in [0.15, 0.2) is 0 Å². The van der Waals surface area contributed by atoms with Gasteiger partial charge in [0, 0.05) is 15.5 Å². The summed E-state index contributed by atoms with van der Waals surface area (Å²) in [5.74, 6) is 0. The lowest BCUT2D eigenvalue weighted by Crippen LogP contribution is -2.21. The van der Waals surface area contributed by atoms with E-state index in [1.54, 1.807) is 23.0 Å². The van der Waals surface area contributed by atoms with Crippen molar-refractivity contribution < 1.29 is 0 Å². The molecule has 3 nitrogen and oxygen atoms in total. The number of aryl methyl sites for hydroxylation is 1. The molecule has 4 rings (SSSR count). The molecule has 0 radical (unpaired) electrons. The number of aromatic nitrogens is 2. The Bertz CT molecular complexity index is 1210. The number of thiophene rings is 1. The van der Waals surface area contributed by atoms with Crippen molar-refractivity contribution >= 4 is 56.4 Å². The van der Waals surface area contributed by atoms with Crippen LogP contribution < -0.4 is 5.56 Å². The normalized spacial score (nSPS) is 11.3. The lowest BCUT2D eigenvalue weighted by molar-refractivity contribution is 0.749. The Balaban J connectivity index is 1.86. The Labute approximate surface area is 174 Å². The number of nitrogens with zero attached hydrogens (tertiary/aromatic N) is 2. The summed E-state index contributed by atoms with van der Waals surface area (Å²) < 4.78 is 1.59. The maximum absolute atomic E-state index is 13.2. The van der Waals surface area contributed by atoms with Crippen LogP contribution in [-0.4, -0.2) is 9.55 Å². The molecule has 0 aliphatic heterocycles. The van der Waals surface area contributed by atoms with Gasteiger partial charge in [-0.15, -0.1) is 11.3 Å². The number of fused-ring (bicyclic) bond motifs is 1. The minimum absolute atomic E-state index is 0.0830. The van der Waals surface area contributed by atoms with Crippen molar-refractivity contribution in [3.63, 3.8) is 0 Å². The highest BCUT2D eigenvalue weighted by Crippen LogP contribution is 2.35. The van der Waals surface area contributed by atoms with Crippen molar-refractivity contribution in [1.29, 1.82) is 0 Å². The summed E-state index contributed by atoms with van der Waals surface area (Å²) >= 11 is 19.6. The summed E-state index contributed by atoms with van der Waals surface area (Å²) in [4.78, 5) is 19.5. The molecule has 0 atom stereocenters. The van der Waals surface area contributed by atoms with Crippen molar-refractivity contribution in [2.75, 3.05) is 0 Å². The van der Waals surface area contributed by atoms with Crippen LogP contribution in [0.3, 0.4) is 0 Å². The van der Waals surface area contributed by atoms with Crippen LogP contribution in [-0.2, 0) is 6.54 Å². The van der Waals surface area contributed by atoms with Crippen molar-refractivity contribution in [3.8, 4) is 11.1 Å². The molecule has 0 saturated heterocycles. The van der Waals surface area contributed by atoms with Crippen LogP contribution in [0.25, 0.3) is 21.3 Å². The maximum atomic E-state index is 13.2. The SMILES string of the molecule is Cc1sc2ncn(Cc3ccc(Cl)c(Cl)c3)c(=O)c2c1-c1ccc(Cl)cc1. The molecule has 2 heterocycles. The van der Waals surface area contributed by atoms with Crippen molar-refractivity contribution in [3.05, 3.63) is 84.7 Å². The van der Waals surface area contributed by atoms with E-state index in [1.165, 1.54) is 11.3 Å². The second-order valence-corrected chi connectivity index (χ2v) is 8.60. The highest BCUT2D eigenvalue weighted by atomic mass is 35.5. The molecule has 0 unspecified atom stereocenters. The van der Waals surface area contributed by atoms with Gasteiger partial charge in [-0.25, -0.2) is 4.98 Å². The van der Waals surface area contributed by atoms with E-state index >= 15 is 0 Å². The Morgan fingerprint density at radius 3 is 2.48 bits per heavy atom. The van der Waals surface area contributed by atoms with E-state index in [-0.39, 0.29) is 5.56 Å². The van der Waals surface area contributed by atoms with E-state index in [0.717, 1.165) is 26.4 Å². The van der Waals surface area contributed by atoms with E-state index in [4.69, 9.17) is 34.8 Å². The van der Waals surface area contributed by atoms with Crippen LogP contribution in [0.4, 0.5) is 0 Å². The van der Waals surface area contributed by atoms with Crippen LogP contribution in [0.1, 0.15) is 10.4 Å². The molecule has 0 aliphatic rings. The van der Waals surface area contributed by atoms with Crippen LogP contribution in [0, 0.1) is 6.92 Å². The molecule has 0 N–H and O–H groups in total. The van der Waals surface area contributed by atoms with Gasteiger partial charge in [-0.1, -0.05) is 53.0 Å². The molecule has 0 bridgehead atoms. The van der Waals surface area contributed by atoms with Crippen LogP contribution in [0.5, 0.6) is 0 Å². The monoisotopic (exact) mass is 434 g/mol. The zero-order valence-electron chi connectivity index (χ0n) is 14.2. The molecule has 7 heteroatoms. The first-order valence-corrected chi connectivity index (χ1v) is 10.1. The van der Waals surface area contributed by atoms with Gasteiger partial charge in [0.05, 0.1) is 28.3 Å². The largest absolute Gasteiger partial charge is 0.294 e. The molecular weight excluding hydrogens is 423 g/mol. The summed E-state index contributed by atoms with van der Waals surface area (Å²) in [5.41, 5.74) is 2.66. The van der Waals surface area contributed by atoms with Gasteiger partial charge >= 0.3 is 0 Å². The van der Waals surface area contributed by atoms with Gasteiger partial charge in [-0.3, -0.25) is 9.36 Å². The van der Waals surface area contributed by atoms with Crippen LogP contribution >= 0.6 is 46.1 Å². The summed E-state index contributed by atoms with van der Waals surface area (Å²) in [6.45, 7) is 2.37. The molecule has 0 saturated carbocycles. The molecule has 2 aromatic carbocycles. The van der Waals surface area contributed by atoms with E-state index in [2.05, 4.69) is 4.98 Å². The Kier molecular flexibility index (Phi) is 4.99. The lowest BCUT2D eigenvalue weighted by Gasteiger charge is -2.08. The van der Waals surface area contributed by atoms with Gasteiger partial charge in [0.2, 0.25) is 0 Å². The second kappa shape index (κ2) is 7.28. The molecule has 136 valence electrons. The summed E-state index contributed by atoms with van der Waals surface area (Å²) in [5, 5.41) is 2.23. The topological polar surface area (TPSA) is 34.9 Å². The highest BCUT2D eigenvalue weighted by molar-refractivity contribution is 7.19. The van der Waals surface area contributed by atoms with Gasteiger partial charge in [-0.05, 0) is 42.3 Å². The van der Waals surface area contributed by atoms with Crippen LogP contribution in [0.2, 0.25) is 15.1 Å². The standard InChI is InChI=1S/C20H13Cl3N2OS/c1-11-17(13-3-5-14(21)6-4-13)18-19(27-11)24-10-25(20(18)26)9-12-2-7-15(22)16(23)8-12/h2-8,10H,9H2,1H3. The number of benzene rings is 2. The average Bonchev–Trinajstić information content (AvgIpc) is 2.98. The third-order valence-corrected chi connectivity index (χ3v) is 6.33. The van der Waals surface area contributed by atoms with Crippen LogP contribution in [0.15, 0.2) is 53.6 Å². The average molecular weight is 436 g/mol. The maximum Gasteiger partial charge on any atom is 0.263 e. The summed E-state index contributed by atoms with van der Waals surface area (Å²) in [6, 6.07) is 12.8. The molecule has 0 amide bonds. The van der Waals surface area contributed by atoms with E-state index in [9.17, 15) is 4.79 Å². The Morgan fingerprint density at radius 2 is 1.78 bits per heavy atom. The molecular formula is C20H13Cl3N2OS. The number of halogens is 3. The van der Waals surface area contributed by atoms with Crippen molar-refractivity contribution in [1.82, 2.24) is 9.55 Å². The number of hydrogen-bond donors (Lipinski definition) is 0. The zero-order valence-corrected chi connectivity index (χ0v) is 17.3. The summed E-state index contributed by atoms with van der Waals surface area (Å²) in [6.07, 6.45) is 1.58. The van der Waals surface area contributed by atoms with Crippen molar-refractivity contribution in [2.24, 2.45) is 0 Å². The first-order valence-electron chi connectivity index (χ1n) is 8.12. The molecule has 0 spiro atoms. The van der Waals surface area contributed by atoms with Gasteiger partial charge in [-0.2, -0.15) is 0 Å². The van der Waals surface area contributed by atoms with Gasteiger partial charge in [0.25, 0.3) is 5.56 Å². The molecule has 4 aromatic rings. The molecule has 27 heavy (non-hydrogen) atoms. The zero-order chi connectivity index (χ0) is 19.1. The Hall–Kier alpha value is -1.85. The molecule has 2 aromatic heterocycles. The fraction of sp³-hybridized carbons (Fsp3) is 0.100. The minimum Gasteiger partial charge on any atom is -0.294 e. The molecule has 0 aliphatic carbocycles. The highest BCUT2D eigenvalue weighted by Gasteiger charge is 2.17. The fourth-order valence-corrected chi connectivity index (χ4v) is 4.50. The van der Waals surface area contributed by atoms with Crippen molar-refractivity contribution in [2.45, 2.75) is 13.5 Å². The Morgan fingerprint density at radius 1 is 1.04 bits per heavy atom. The number of hydrogen-bond acceptors (Lipinski definition) is 3. The first-order chi connectivity index (χ1) is 12.9. The summed E-state index contributed by atoms with van der Waals surface area (Å²) in [7, 11) is 0.